The van der Waals surface area contributed by atoms with E-state index in [0.29, 0.717) is 16.5 Å². The lowest BCUT2D eigenvalue weighted by molar-refractivity contribution is 0.564. The number of benzene rings is 1. The second-order valence-corrected chi connectivity index (χ2v) is 5.24. The van der Waals surface area contributed by atoms with Crippen molar-refractivity contribution < 1.29 is 0 Å². The minimum Gasteiger partial charge on any atom is -0.398 e. The normalized spacial score (nSPS) is 10.8. The van der Waals surface area contributed by atoms with Crippen molar-refractivity contribution in [3.05, 3.63) is 29.0 Å². The molecule has 0 saturated carbocycles. The van der Waals surface area contributed by atoms with Gasteiger partial charge in [0.15, 0.2) is 5.82 Å². The number of rotatable bonds is 5. The smallest absolute Gasteiger partial charge is 0.161 e. The summed E-state index contributed by atoms with van der Waals surface area (Å²) in [5.41, 5.74) is 6.58. The van der Waals surface area contributed by atoms with Crippen LogP contribution in [0.2, 0.25) is 5.02 Å². The first-order valence-corrected chi connectivity index (χ1v) is 7.00. The van der Waals surface area contributed by atoms with Gasteiger partial charge in [-0.3, -0.25) is 0 Å². The third-order valence-corrected chi connectivity index (χ3v) is 3.69. The number of thioether (sulfide) groups is 1. The first-order chi connectivity index (χ1) is 8.70. The van der Waals surface area contributed by atoms with Crippen molar-refractivity contribution in [3.63, 3.8) is 0 Å². The molecule has 18 heavy (non-hydrogen) atoms. The van der Waals surface area contributed by atoms with E-state index in [1.165, 1.54) is 0 Å². The number of tetrazole rings is 1. The van der Waals surface area contributed by atoms with Gasteiger partial charge in [0.2, 0.25) is 0 Å². The summed E-state index contributed by atoms with van der Waals surface area (Å²) in [4.78, 5) is 0.991. The van der Waals surface area contributed by atoms with Gasteiger partial charge in [-0.05, 0) is 35.0 Å². The fraction of sp³-hybridized carbons (Fsp3) is 0.364. The van der Waals surface area contributed by atoms with Crippen LogP contribution in [-0.2, 0) is 12.3 Å². The molecule has 0 aliphatic carbocycles. The van der Waals surface area contributed by atoms with Crippen LogP contribution in [0.25, 0.3) is 0 Å². The summed E-state index contributed by atoms with van der Waals surface area (Å²) in [5, 5.41) is 12.3. The van der Waals surface area contributed by atoms with Crippen LogP contribution in [0.5, 0.6) is 0 Å². The standard InChI is InChI=1S/C11H14ClN5S/c1-2-5-17-11(14-15-16-17)7-18-10-4-3-8(12)6-9(10)13/h3-4,6H,2,5,7,13H2,1H3. The fourth-order valence-corrected chi connectivity index (χ4v) is 2.57. The quantitative estimate of drug-likeness (QED) is 0.675. The minimum atomic E-state index is 0.646. The van der Waals surface area contributed by atoms with E-state index in [1.54, 1.807) is 17.8 Å². The Balaban J connectivity index is 2.04. The highest BCUT2D eigenvalue weighted by atomic mass is 35.5. The summed E-state index contributed by atoms with van der Waals surface area (Å²) in [5.74, 6) is 1.55. The van der Waals surface area contributed by atoms with E-state index >= 15 is 0 Å². The zero-order chi connectivity index (χ0) is 13.0. The van der Waals surface area contributed by atoms with E-state index in [0.717, 1.165) is 23.7 Å². The minimum absolute atomic E-state index is 0.646. The number of nitrogens with zero attached hydrogens (tertiary/aromatic N) is 4. The van der Waals surface area contributed by atoms with E-state index in [1.807, 2.05) is 16.8 Å². The SMILES string of the molecule is CCCn1nnnc1CSc1ccc(Cl)cc1N. The zero-order valence-electron chi connectivity index (χ0n) is 10.0. The number of nitrogens with two attached hydrogens (primary N) is 1. The van der Waals surface area contributed by atoms with Crippen LogP contribution in [-0.4, -0.2) is 20.2 Å². The molecular weight excluding hydrogens is 270 g/mol. The molecule has 2 N–H and O–H groups in total. The average molecular weight is 284 g/mol. The van der Waals surface area contributed by atoms with Gasteiger partial charge in [-0.1, -0.05) is 18.5 Å². The molecule has 0 radical (unpaired) electrons. The lowest BCUT2D eigenvalue weighted by Crippen LogP contribution is -2.04. The van der Waals surface area contributed by atoms with E-state index in [4.69, 9.17) is 17.3 Å². The van der Waals surface area contributed by atoms with Gasteiger partial charge < -0.3 is 5.73 Å². The number of nitrogen functional groups attached to an aromatic ring is 1. The summed E-state index contributed by atoms with van der Waals surface area (Å²) in [6.07, 6.45) is 1.01. The molecule has 0 bridgehead atoms. The second-order valence-electron chi connectivity index (χ2n) is 3.79. The van der Waals surface area contributed by atoms with Crippen molar-refractivity contribution in [1.29, 1.82) is 0 Å². The lowest BCUT2D eigenvalue weighted by atomic mass is 10.3. The zero-order valence-corrected chi connectivity index (χ0v) is 11.6. The largest absolute Gasteiger partial charge is 0.398 e. The first kappa shape index (κ1) is 13.2. The third kappa shape index (κ3) is 3.14. The maximum atomic E-state index is 5.89. The maximum absolute atomic E-state index is 5.89. The Bertz CT molecular complexity index is 528. The number of halogens is 1. The highest BCUT2D eigenvalue weighted by Gasteiger charge is 2.07. The highest BCUT2D eigenvalue weighted by molar-refractivity contribution is 7.98. The maximum Gasteiger partial charge on any atom is 0.161 e. The van der Waals surface area contributed by atoms with Gasteiger partial charge in [-0.2, -0.15) is 0 Å². The monoisotopic (exact) mass is 283 g/mol. The van der Waals surface area contributed by atoms with Gasteiger partial charge in [0.25, 0.3) is 0 Å². The van der Waals surface area contributed by atoms with E-state index in [-0.39, 0.29) is 0 Å². The summed E-state index contributed by atoms with van der Waals surface area (Å²) >= 11 is 7.46. The van der Waals surface area contributed by atoms with Crippen molar-refractivity contribution in [2.24, 2.45) is 0 Å². The van der Waals surface area contributed by atoms with Crippen LogP contribution < -0.4 is 5.73 Å². The Labute approximate surface area is 115 Å². The van der Waals surface area contributed by atoms with Gasteiger partial charge in [-0.15, -0.1) is 16.9 Å². The number of aryl methyl sites for hydroxylation is 1. The molecule has 96 valence electrons. The van der Waals surface area contributed by atoms with Gasteiger partial charge in [0.05, 0.1) is 5.75 Å². The molecule has 7 heteroatoms. The van der Waals surface area contributed by atoms with Crippen molar-refractivity contribution in [2.75, 3.05) is 5.73 Å². The van der Waals surface area contributed by atoms with E-state index < -0.39 is 0 Å². The van der Waals surface area contributed by atoms with E-state index in [2.05, 4.69) is 22.4 Å². The van der Waals surface area contributed by atoms with Crippen LogP contribution in [0.1, 0.15) is 19.2 Å². The Hall–Kier alpha value is -1.27. The molecule has 0 atom stereocenters. The first-order valence-electron chi connectivity index (χ1n) is 5.63. The van der Waals surface area contributed by atoms with Crippen molar-refractivity contribution in [2.45, 2.75) is 30.5 Å². The molecule has 0 aliphatic heterocycles. The van der Waals surface area contributed by atoms with Gasteiger partial charge >= 0.3 is 0 Å². The average Bonchev–Trinajstić information content (AvgIpc) is 2.76. The van der Waals surface area contributed by atoms with Crippen LogP contribution in [0, 0.1) is 0 Å². The van der Waals surface area contributed by atoms with Crippen LogP contribution in [0.15, 0.2) is 23.1 Å². The molecule has 0 amide bonds. The Morgan fingerprint density at radius 1 is 1.44 bits per heavy atom. The third-order valence-electron chi connectivity index (χ3n) is 2.37. The predicted molar refractivity (Wildman–Crippen MR) is 73.5 cm³/mol. The highest BCUT2D eigenvalue weighted by Crippen LogP contribution is 2.29. The summed E-state index contributed by atoms with van der Waals surface area (Å²) in [7, 11) is 0. The summed E-state index contributed by atoms with van der Waals surface area (Å²) < 4.78 is 1.82. The van der Waals surface area contributed by atoms with Crippen LogP contribution >= 0.6 is 23.4 Å². The second kappa shape index (κ2) is 6.06. The van der Waals surface area contributed by atoms with Crippen molar-refractivity contribution >= 4 is 29.1 Å². The van der Waals surface area contributed by atoms with Crippen molar-refractivity contribution in [1.82, 2.24) is 20.2 Å². The summed E-state index contributed by atoms with van der Waals surface area (Å²) in [6, 6.07) is 5.49. The molecule has 0 aliphatic rings. The molecule has 1 heterocycles. The number of hydrogen-bond acceptors (Lipinski definition) is 5. The van der Waals surface area contributed by atoms with E-state index in [9.17, 15) is 0 Å². The van der Waals surface area contributed by atoms with Gasteiger partial charge in [-0.25, -0.2) is 4.68 Å². The molecule has 5 nitrogen and oxygen atoms in total. The Kier molecular flexibility index (Phi) is 4.43. The number of hydrogen-bond donors (Lipinski definition) is 1. The molecule has 2 aromatic rings. The van der Waals surface area contributed by atoms with Crippen LogP contribution in [0.4, 0.5) is 5.69 Å². The molecular formula is C11H14ClN5S. The number of aromatic nitrogens is 4. The Morgan fingerprint density at radius 3 is 3.00 bits per heavy atom. The Morgan fingerprint density at radius 2 is 2.28 bits per heavy atom. The van der Waals surface area contributed by atoms with Crippen LogP contribution in [0.3, 0.4) is 0 Å². The molecule has 0 unspecified atom stereocenters. The predicted octanol–water partition coefficient (Wildman–Crippen LogP) is 2.61. The topological polar surface area (TPSA) is 69.6 Å². The molecule has 1 aromatic heterocycles. The fourth-order valence-electron chi connectivity index (χ4n) is 1.51. The number of anilines is 1. The molecule has 0 saturated heterocycles. The molecule has 1 aromatic carbocycles. The molecule has 0 spiro atoms. The van der Waals surface area contributed by atoms with Crippen molar-refractivity contribution in [3.8, 4) is 0 Å². The van der Waals surface area contributed by atoms with Gasteiger partial charge in [0.1, 0.15) is 0 Å². The van der Waals surface area contributed by atoms with Gasteiger partial charge in [0, 0.05) is 22.2 Å². The molecule has 2 rings (SSSR count). The lowest BCUT2D eigenvalue weighted by Gasteiger charge is -2.06. The summed E-state index contributed by atoms with van der Waals surface area (Å²) in [6.45, 7) is 2.93. The molecule has 0 fully saturated rings.